The molecular weight excluding hydrogens is 506 g/mol. The number of carbonyl (C=O) groups excluding carboxylic acids is 3. The highest BCUT2D eigenvalue weighted by Crippen LogP contribution is 2.65. The molecule has 0 aliphatic carbocycles. The van der Waals surface area contributed by atoms with E-state index < -0.39 is 34.6 Å². The number of ether oxygens (including phenoxy) is 1. The fourth-order valence-electron chi connectivity index (χ4n) is 7.24. The Hall–Kier alpha value is -2.97. The zero-order valence-corrected chi connectivity index (χ0v) is 24.6. The molecule has 0 aromatic heterocycles. The van der Waals surface area contributed by atoms with Gasteiger partial charge < -0.3 is 24.5 Å². The Kier molecular flexibility index (Phi) is 8.35. The van der Waals surface area contributed by atoms with Gasteiger partial charge in [-0.3, -0.25) is 14.4 Å². The maximum Gasteiger partial charge on any atom is 0.249 e. The van der Waals surface area contributed by atoms with Gasteiger partial charge in [0, 0.05) is 38.3 Å². The molecule has 8 nitrogen and oxygen atoms in total. The van der Waals surface area contributed by atoms with Gasteiger partial charge >= 0.3 is 0 Å². The third-order valence-corrected chi connectivity index (χ3v) is 9.14. The van der Waals surface area contributed by atoms with Crippen molar-refractivity contribution in [3.8, 4) is 0 Å². The van der Waals surface area contributed by atoms with Gasteiger partial charge in [0.1, 0.15) is 11.6 Å². The first-order valence-electron chi connectivity index (χ1n) is 14.3. The Morgan fingerprint density at radius 1 is 1.15 bits per heavy atom. The van der Waals surface area contributed by atoms with E-state index in [0.717, 1.165) is 5.56 Å². The summed E-state index contributed by atoms with van der Waals surface area (Å²) in [5, 5.41) is 9.64. The summed E-state index contributed by atoms with van der Waals surface area (Å²) in [5.41, 5.74) is -1.57. The van der Waals surface area contributed by atoms with E-state index in [1.54, 1.807) is 26.9 Å². The molecule has 1 aromatic rings. The number of aliphatic hydroxyl groups excluding tert-OH is 1. The molecule has 3 aliphatic rings. The van der Waals surface area contributed by atoms with Crippen LogP contribution in [0.5, 0.6) is 0 Å². The number of carbonyl (C=O) groups is 3. The highest BCUT2D eigenvalue weighted by molar-refractivity contribution is 5.99. The molecule has 4 rings (SSSR count). The van der Waals surface area contributed by atoms with Crippen molar-refractivity contribution in [1.82, 2.24) is 14.7 Å². The maximum absolute atomic E-state index is 14.4. The van der Waals surface area contributed by atoms with Crippen molar-refractivity contribution >= 4 is 17.7 Å². The van der Waals surface area contributed by atoms with Gasteiger partial charge in [-0.1, -0.05) is 49.4 Å². The number of hydrogen-bond donors (Lipinski definition) is 1. The van der Waals surface area contributed by atoms with Gasteiger partial charge in [-0.25, -0.2) is 0 Å². The zero-order chi connectivity index (χ0) is 29.5. The predicted molar refractivity (Wildman–Crippen MR) is 154 cm³/mol. The van der Waals surface area contributed by atoms with Crippen molar-refractivity contribution in [3.05, 3.63) is 61.2 Å². The van der Waals surface area contributed by atoms with Crippen molar-refractivity contribution in [3.63, 3.8) is 0 Å². The lowest BCUT2D eigenvalue weighted by Gasteiger charge is -2.42. The molecule has 1 aromatic carbocycles. The summed E-state index contributed by atoms with van der Waals surface area (Å²) in [5.74, 6) is -2.20. The average Bonchev–Trinajstić information content (AvgIpc) is 3.41. The maximum atomic E-state index is 14.4. The number of rotatable bonds is 11. The van der Waals surface area contributed by atoms with Crippen molar-refractivity contribution in [1.29, 1.82) is 0 Å². The summed E-state index contributed by atoms with van der Waals surface area (Å²) < 4.78 is 6.88. The molecule has 218 valence electrons. The molecule has 1 spiro atoms. The van der Waals surface area contributed by atoms with Crippen molar-refractivity contribution < 1.29 is 24.2 Å². The molecule has 8 heteroatoms. The van der Waals surface area contributed by atoms with Gasteiger partial charge in [0.2, 0.25) is 17.7 Å². The summed E-state index contributed by atoms with van der Waals surface area (Å²) >= 11 is 0. The van der Waals surface area contributed by atoms with Crippen LogP contribution in [0, 0.1) is 17.8 Å². The topological polar surface area (TPSA) is 90.4 Å². The normalized spacial score (nSPS) is 30.8. The van der Waals surface area contributed by atoms with Crippen molar-refractivity contribution in [2.24, 2.45) is 17.8 Å². The van der Waals surface area contributed by atoms with E-state index >= 15 is 0 Å². The highest BCUT2D eigenvalue weighted by atomic mass is 16.5. The number of benzene rings is 1. The Balaban J connectivity index is 1.80. The molecule has 3 aliphatic heterocycles. The van der Waals surface area contributed by atoms with E-state index in [9.17, 15) is 19.5 Å². The summed E-state index contributed by atoms with van der Waals surface area (Å²) in [7, 11) is 0. The number of nitrogens with zero attached hydrogens (tertiary/aromatic N) is 3. The molecule has 40 heavy (non-hydrogen) atoms. The molecule has 3 saturated heterocycles. The molecule has 2 bridgehead atoms. The molecule has 3 fully saturated rings. The van der Waals surface area contributed by atoms with Gasteiger partial charge in [-0.05, 0) is 52.0 Å². The Bertz CT molecular complexity index is 1150. The molecule has 0 saturated carbocycles. The van der Waals surface area contributed by atoms with Crippen molar-refractivity contribution in [2.45, 2.75) is 76.8 Å². The van der Waals surface area contributed by atoms with Gasteiger partial charge in [-0.2, -0.15) is 0 Å². The van der Waals surface area contributed by atoms with Gasteiger partial charge in [0.25, 0.3) is 0 Å². The van der Waals surface area contributed by atoms with E-state index in [2.05, 4.69) is 13.2 Å². The summed E-state index contributed by atoms with van der Waals surface area (Å²) in [4.78, 5) is 48.2. The first-order chi connectivity index (χ1) is 18.9. The van der Waals surface area contributed by atoms with Crippen LogP contribution in [0.15, 0.2) is 55.6 Å². The van der Waals surface area contributed by atoms with E-state index in [-0.39, 0.29) is 36.8 Å². The number of hydrogen-bond acceptors (Lipinski definition) is 5. The van der Waals surface area contributed by atoms with Crippen molar-refractivity contribution in [2.75, 3.05) is 26.2 Å². The number of likely N-dealkylation sites (tertiary alicyclic amines) is 1. The van der Waals surface area contributed by atoms with Gasteiger partial charge in [-0.15, -0.1) is 13.2 Å². The second kappa shape index (κ2) is 11.1. The number of fused-ring (bicyclic) bond motifs is 1. The molecule has 6 atom stereocenters. The molecule has 0 radical (unpaired) electrons. The first kappa shape index (κ1) is 30.0. The lowest BCUT2D eigenvalue weighted by Crippen LogP contribution is -2.60. The third-order valence-electron chi connectivity index (χ3n) is 9.14. The fourth-order valence-corrected chi connectivity index (χ4v) is 7.24. The Labute approximate surface area is 238 Å². The van der Waals surface area contributed by atoms with Crippen LogP contribution >= 0.6 is 0 Å². The minimum absolute atomic E-state index is 0.0524. The van der Waals surface area contributed by atoms with Crippen LogP contribution in [-0.4, -0.2) is 86.6 Å². The van der Waals surface area contributed by atoms with E-state index in [4.69, 9.17) is 4.74 Å². The first-order valence-corrected chi connectivity index (χ1v) is 14.3. The van der Waals surface area contributed by atoms with Crippen LogP contribution in [0.1, 0.15) is 53.0 Å². The number of aliphatic hydroxyl groups is 1. The molecule has 3 unspecified atom stereocenters. The molecule has 1 N–H and O–H groups in total. The summed E-state index contributed by atoms with van der Waals surface area (Å²) in [6.07, 6.45) is 4.22. The standard InChI is InChI=1S/C32H45N3O5/c1-8-16-33(21-23-14-11-10-12-15-23)27(37)24-25-28(38)34(18-13-19-36)26(29(39)35(17-9-2)30(4,5)6)32(25)20-22(3)31(24,7)40-32/h8-12,14-15,22,24-26,36H,1-2,13,16-21H2,3-7H3/t22?,24-,25+,26?,31+,32?/m1/s1. The predicted octanol–water partition coefficient (Wildman–Crippen LogP) is 3.41. The lowest BCUT2D eigenvalue weighted by atomic mass is 9.62. The van der Waals surface area contributed by atoms with Crippen LogP contribution < -0.4 is 0 Å². The number of amides is 3. The highest BCUT2D eigenvalue weighted by Gasteiger charge is 2.80. The molecular formula is C32H45N3O5. The van der Waals surface area contributed by atoms with Crippen LogP contribution in [0.2, 0.25) is 0 Å². The van der Waals surface area contributed by atoms with Gasteiger partial charge in [0.15, 0.2) is 0 Å². The fraction of sp³-hybridized carbons (Fsp3) is 0.594. The minimum Gasteiger partial charge on any atom is -0.396 e. The monoisotopic (exact) mass is 551 g/mol. The smallest absolute Gasteiger partial charge is 0.249 e. The largest absolute Gasteiger partial charge is 0.396 e. The third kappa shape index (κ3) is 4.79. The lowest BCUT2D eigenvalue weighted by molar-refractivity contribution is -0.157. The Morgan fingerprint density at radius 3 is 2.38 bits per heavy atom. The van der Waals surface area contributed by atoms with Gasteiger partial charge in [0.05, 0.1) is 17.4 Å². The molecule has 3 heterocycles. The quantitative estimate of drug-likeness (QED) is 0.426. The van der Waals surface area contributed by atoms with Crippen LogP contribution in [0.3, 0.4) is 0 Å². The average molecular weight is 552 g/mol. The second-order valence-corrected chi connectivity index (χ2v) is 12.7. The zero-order valence-electron chi connectivity index (χ0n) is 24.6. The Morgan fingerprint density at radius 2 is 1.80 bits per heavy atom. The van der Waals surface area contributed by atoms with Crippen LogP contribution in [0.25, 0.3) is 0 Å². The summed E-state index contributed by atoms with van der Waals surface area (Å²) in [6.45, 7) is 18.7. The van der Waals surface area contributed by atoms with E-state index in [0.29, 0.717) is 32.5 Å². The summed E-state index contributed by atoms with van der Waals surface area (Å²) in [6, 6.07) is 8.86. The van der Waals surface area contributed by atoms with E-state index in [1.807, 2.05) is 65.0 Å². The minimum atomic E-state index is -1.13. The SMILES string of the molecule is C=CCN(Cc1ccccc1)C(=O)[C@H]1[C@H]2C(=O)N(CCCO)C(C(=O)N(CC=C)C(C)(C)C)C23CC(C)[C@]1(C)O3. The second-order valence-electron chi connectivity index (χ2n) is 12.7. The van der Waals surface area contributed by atoms with Crippen LogP contribution in [0.4, 0.5) is 0 Å². The van der Waals surface area contributed by atoms with Crippen LogP contribution in [-0.2, 0) is 25.7 Å². The molecule has 3 amide bonds. The van der Waals surface area contributed by atoms with E-state index in [1.165, 1.54) is 0 Å².